The summed E-state index contributed by atoms with van der Waals surface area (Å²) >= 11 is 0. The SMILES string of the molecule is CCOC(=O)C(CNC(=O)OC(C)(C)C)CC1COC(C)(C)N1C(=O)OC(C)(C)C. The fraction of sp³-hybridized carbons (Fsp3) is 0.857. The zero-order valence-corrected chi connectivity index (χ0v) is 19.8. The number of carbonyl (C=O) groups is 3. The van der Waals surface area contributed by atoms with Crippen LogP contribution >= 0.6 is 0 Å². The van der Waals surface area contributed by atoms with Crippen molar-refractivity contribution in [2.45, 2.75) is 91.7 Å². The monoisotopic (exact) mass is 430 g/mol. The Morgan fingerprint density at radius 3 is 2.17 bits per heavy atom. The molecule has 0 aromatic carbocycles. The summed E-state index contributed by atoms with van der Waals surface area (Å²) in [7, 11) is 0. The highest BCUT2D eigenvalue weighted by Crippen LogP contribution is 2.32. The van der Waals surface area contributed by atoms with Gasteiger partial charge in [0.2, 0.25) is 0 Å². The minimum atomic E-state index is -0.884. The number of rotatable bonds is 6. The zero-order valence-electron chi connectivity index (χ0n) is 19.8. The molecule has 9 nitrogen and oxygen atoms in total. The first-order valence-corrected chi connectivity index (χ1v) is 10.4. The van der Waals surface area contributed by atoms with Crippen molar-refractivity contribution in [1.82, 2.24) is 10.2 Å². The number of carbonyl (C=O) groups excluding carboxylic acids is 3. The van der Waals surface area contributed by atoms with Gasteiger partial charge in [-0.25, -0.2) is 9.59 Å². The van der Waals surface area contributed by atoms with Crippen molar-refractivity contribution in [3.63, 3.8) is 0 Å². The van der Waals surface area contributed by atoms with Crippen molar-refractivity contribution < 1.29 is 33.3 Å². The van der Waals surface area contributed by atoms with Gasteiger partial charge >= 0.3 is 18.2 Å². The molecule has 0 saturated carbocycles. The van der Waals surface area contributed by atoms with Crippen LogP contribution in [0, 0.1) is 5.92 Å². The van der Waals surface area contributed by atoms with Crippen molar-refractivity contribution in [1.29, 1.82) is 0 Å². The summed E-state index contributed by atoms with van der Waals surface area (Å²) < 4.78 is 21.7. The molecule has 1 N–H and O–H groups in total. The molecule has 0 aromatic rings. The molecule has 1 aliphatic rings. The molecule has 0 bridgehead atoms. The second kappa shape index (κ2) is 9.85. The Labute approximate surface area is 179 Å². The number of amides is 2. The van der Waals surface area contributed by atoms with Crippen LogP contribution in [-0.4, -0.2) is 65.8 Å². The third-order valence-electron chi connectivity index (χ3n) is 4.23. The lowest BCUT2D eigenvalue weighted by Gasteiger charge is -2.35. The highest BCUT2D eigenvalue weighted by Gasteiger charge is 2.47. The molecule has 2 amide bonds. The number of hydrogen-bond donors (Lipinski definition) is 1. The van der Waals surface area contributed by atoms with Crippen molar-refractivity contribution in [2.75, 3.05) is 19.8 Å². The van der Waals surface area contributed by atoms with Gasteiger partial charge in [0.1, 0.15) is 16.9 Å². The van der Waals surface area contributed by atoms with E-state index in [0.717, 1.165) is 0 Å². The Hall–Kier alpha value is -2.03. The van der Waals surface area contributed by atoms with E-state index >= 15 is 0 Å². The van der Waals surface area contributed by atoms with Crippen LogP contribution in [0.4, 0.5) is 9.59 Å². The average molecular weight is 431 g/mol. The Morgan fingerprint density at radius 1 is 1.10 bits per heavy atom. The van der Waals surface area contributed by atoms with Gasteiger partial charge in [-0.1, -0.05) is 0 Å². The second-order valence-electron chi connectivity index (χ2n) is 9.83. The quantitative estimate of drug-likeness (QED) is 0.508. The van der Waals surface area contributed by atoms with Crippen LogP contribution < -0.4 is 5.32 Å². The summed E-state index contributed by atoms with van der Waals surface area (Å²) in [5.74, 6) is -1.13. The fourth-order valence-corrected chi connectivity index (χ4v) is 3.11. The Balaban J connectivity index is 2.93. The van der Waals surface area contributed by atoms with Crippen molar-refractivity contribution in [3.05, 3.63) is 0 Å². The van der Waals surface area contributed by atoms with Crippen molar-refractivity contribution >= 4 is 18.2 Å². The number of alkyl carbamates (subject to hydrolysis) is 1. The van der Waals surface area contributed by atoms with Crippen LogP contribution in [0.1, 0.15) is 68.7 Å². The topological polar surface area (TPSA) is 103 Å². The molecule has 1 saturated heterocycles. The molecular weight excluding hydrogens is 392 g/mol. The molecular formula is C21H38N2O7. The van der Waals surface area contributed by atoms with E-state index in [1.54, 1.807) is 62.3 Å². The lowest BCUT2D eigenvalue weighted by molar-refractivity contribution is -0.148. The molecule has 1 fully saturated rings. The summed E-state index contributed by atoms with van der Waals surface area (Å²) in [4.78, 5) is 38.8. The minimum absolute atomic E-state index is 0.0207. The number of ether oxygens (including phenoxy) is 4. The van der Waals surface area contributed by atoms with Gasteiger partial charge in [0.05, 0.1) is 25.2 Å². The molecule has 0 aromatic heterocycles. The van der Waals surface area contributed by atoms with Crippen molar-refractivity contribution in [2.24, 2.45) is 5.92 Å². The molecule has 2 unspecified atom stereocenters. The Morgan fingerprint density at radius 2 is 1.67 bits per heavy atom. The van der Waals surface area contributed by atoms with Gasteiger partial charge in [0.25, 0.3) is 0 Å². The van der Waals surface area contributed by atoms with Crippen LogP contribution in [0.3, 0.4) is 0 Å². The zero-order chi connectivity index (χ0) is 23.3. The summed E-state index contributed by atoms with van der Waals surface area (Å²) in [5, 5.41) is 2.62. The summed E-state index contributed by atoms with van der Waals surface area (Å²) in [6.07, 6.45) is -0.890. The molecule has 9 heteroatoms. The predicted molar refractivity (Wildman–Crippen MR) is 111 cm³/mol. The van der Waals surface area contributed by atoms with Crippen LogP contribution in [0.5, 0.6) is 0 Å². The molecule has 1 aliphatic heterocycles. The average Bonchev–Trinajstić information content (AvgIpc) is 2.82. The van der Waals surface area contributed by atoms with Crippen LogP contribution in [0.25, 0.3) is 0 Å². The molecule has 0 aliphatic carbocycles. The molecule has 30 heavy (non-hydrogen) atoms. The standard InChI is InChI=1S/C21H38N2O7/c1-10-27-16(24)14(12-22-17(25)29-19(2,3)4)11-15-13-28-21(8,9)23(15)18(26)30-20(5,6)7/h14-15H,10-13H2,1-9H3,(H,22,25). The van der Waals surface area contributed by atoms with E-state index in [2.05, 4.69) is 5.32 Å². The first kappa shape index (κ1) is 26.0. The van der Waals surface area contributed by atoms with E-state index in [1.165, 1.54) is 4.90 Å². The molecule has 174 valence electrons. The number of esters is 1. The van der Waals surface area contributed by atoms with E-state index in [9.17, 15) is 14.4 Å². The van der Waals surface area contributed by atoms with E-state index in [1.807, 2.05) is 0 Å². The lowest BCUT2D eigenvalue weighted by Crippen LogP contribution is -2.51. The van der Waals surface area contributed by atoms with E-state index in [-0.39, 0.29) is 26.2 Å². The molecule has 2 atom stereocenters. The van der Waals surface area contributed by atoms with Gasteiger partial charge in [-0.15, -0.1) is 0 Å². The van der Waals surface area contributed by atoms with Crippen LogP contribution in [-0.2, 0) is 23.7 Å². The van der Waals surface area contributed by atoms with Gasteiger partial charge in [0.15, 0.2) is 0 Å². The van der Waals surface area contributed by atoms with E-state index < -0.39 is 47.0 Å². The first-order chi connectivity index (χ1) is 13.6. The summed E-state index contributed by atoms with van der Waals surface area (Å²) in [6, 6.07) is -0.412. The summed E-state index contributed by atoms with van der Waals surface area (Å²) in [5.41, 5.74) is -2.20. The Bertz CT molecular complexity index is 620. The van der Waals surface area contributed by atoms with E-state index in [4.69, 9.17) is 18.9 Å². The first-order valence-electron chi connectivity index (χ1n) is 10.4. The maximum atomic E-state index is 12.8. The van der Waals surface area contributed by atoms with Crippen molar-refractivity contribution in [3.8, 4) is 0 Å². The van der Waals surface area contributed by atoms with E-state index in [0.29, 0.717) is 0 Å². The fourth-order valence-electron chi connectivity index (χ4n) is 3.11. The third-order valence-corrected chi connectivity index (χ3v) is 4.23. The molecule has 0 radical (unpaired) electrons. The van der Waals surface area contributed by atoms with Gasteiger partial charge in [0, 0.05) is 6.54 Å². The number of nitrogens with zero attached hydrogens (tertiary/aromatic N) is 1. The number of nitrogens with one attached hydrogen (secondary N) is 1. The highest BCUT2D eigenvalue weighted by atomic mass is 16.6. The molecule has 1 rings (SSSR count). The van der Waals surface area contributed by atoms with Gasteiger partial charge in [-0.3, -0.25) is 9.69 Å². The maximum Gasteiger partial charge on any atom is 0.412 e. The largest absolute Gasteiger partial charge is 0.466 e. The van der Waals surface area contributed by atoms with Gasteiger partial charge in [-0.2, -0.15) is 0 Å². The summed E-state index contributed by atoms with van der Waals surface area (Å²) in [6.45, 7) is 16.4. The minimum Gasteiger partial charge on any atom is -0.466 e. The van der Waals surface area contributed by atoms with Crippen LogP contribution in [0.15, 0.2) is 0 Å². The van der Waals surface area contributed by atoms with Crippen LogP contribution in [0.2, 0.25) is 0 Å². The number of hydrogen-bond acceptors (Lipinski definition) is 7. The second-order valence-corrected chi connectivity index (χ2v) is 9.83. The molecule has 1 heterocycles. The lowest BCUT2D eigenvalue weighted by atomic mass is 9.99. The van der Waals surface area contributed by atoms with Gasteiger partial charge < -0.3 is 24.3 Å². The highest BCUT2D eigenvalue weighted by molar-refractivity contribution is 5.75. The Kier molecular flexibility index (Phi) is 8.54. The maximum absolute atomic E-state index is 12.8. The predicted octanol–water partition coefficient (Wildman–Crippen LogP) is 3.45. The smallest absolute Gasteiger partial charge is 0.412 e. The van der Waals surface area contributed by atoms with Gasteiger partial charge in [-0.05, 0) is 68.7 Å². The molecule has 0 spiro atoms. The third kappa shape index (κ3) is 8.38. The normalized spacial score (nSPS) is 19.8.